The fourth-order valence-corrected chi connectivity index (χ4v) is 4.40. The molecular formula is C20H34F3IN6O. The second-order valence-corrected chi connectivity index (χ2v) is 8.31. The quantitative estimate of drug-likeness (QED) is 0.306. The average molecular weight is 558 g/mol. The molecule has 0 aliphatic carbocycles. The van der Waals surface area contributed by atoms with Crippen molar-refractivity contribution in [2.75, 3.05) is 45.8 Å². The highest BCUT2D eigenvalue weighted by molar-refractivity contribution is 14.0. The highest BCUT2D eigenvalue weighted by atomic mass is 127. The Kier molecular flexibility index (Phi) is 9.43. The number of alkyl halides is 3. The van der Waals surface area contributed by atoms with E-state index in [2.05, 4.69) is 25.1 Å². The lowest BCUT2D eigenvalue weighted by molar-refractivity contribution is -0.272. The predicted molar refractivity (Wildman–Crippen MR) is 125 cm³/mol. The molecule has 7 nitrogen and oxygen atoms in total. The highest BCUT2D eigenvalue weighted by Crippen LogP contribution is 2.40. The molecule has 0 bridgehead atoms. The van der Waals surface area contributed by atoms with Crippen molar-refractivity contribution in [1.29, 1.82) is 0 Å². The molecule has 2 atom stereocenters. The Morgan fingerprint density at radius 2 is 2.00 bits per heavy atom. The van der Waals surface area contributed by atoms with E-state index in [0.717, 1.165) is 39.1 Å². The lowest BCUT2D eigenvalue weighted by atomic mass is 9.98. The summed E-state index contributed by atoms with van der Waals surface area (Å²) >= 11 is 0. The number of aryl methyl sites for hydroxylation is 1. The summed E-state index contributed by atoms with van der Waals surface area (Å²) in [5.74, 6) is 0.750. The standard InChI is InChI=1S/C20H33F3N6O.HI/c1-3-24-18(29-12-6-16(15-29)14-28-10-4-5-11-28)26-8-7-19(30,20(21,22)23)17-25-9-13-27(17)2;/h9,13,16,30H,3-8,10-12,14-15H2,1-2H3,(H,24,26);1H. The number of aliphatic imine (C=N–C) groups is 1. The van der Waals surface area contributed by atoms with Crippen LogP contribution in [0.2, 0.25) is 0 Å². The Bertz CT molecular complexity index is 722. The molecule has 1 aromatic rings. The summed E-state index contributed by atoms with van der Waals surface area (Å²) in [5, 5.41) is 13.7. The largest absolute Gasteiger partial charge is 0.424 e. The van der Waals surface area contributed by atoms with Crippen molar-refractivity contribution in [3.63, 3.8) is 0 Å². The summed E-state index contributed by atoms with van der Waals surface area (Å²) in [4.78, 5) is 12.8. The van der Waals surface area contributed by atoms with E-state index in [1.807, 2.05) is 6.92 Å². The first-order chi connectivity index (χ1) is 14.2. The van der Waals surface area contributed by atoms with Crippen LogP contribution in [-0.4, -0.2) is 82.4 Å². The fraction of sp³-hybridized carbons (Fsp3) is 0.800. The molecule has 2 N–H and O–H groups in total. The number of hydrogen-bond donors (Lipinski definition) is 2. The molecule has 3 rings (SSSR count). The topological polar surface area (TPSA) is 68.9 Å². The normalized spacial score (nSPS) is 22.5. The van der Waals surface area contributed by atoms with Crippen molar-refractivity contribution < 1.29 is 18.3 Å². The molecule has 11 heteroatoms. The minimum atomic E-state index is -4.84. The van der Waals surface area contributed by atoms with Gasteiger partial charge in [0.2, 0.25) is 5.60 Å². The molecule has 178 valence electrons. The molecule has 2 aliphatic rings. The van der Waals surface area contributed by atoms with Gasteiger partial charge in [-0.1, -0.05) is 0 Å². The van der Waals surface area contributed by atoms with E-state index in [-0.39, 0.29) is 30.5 Å². The fourth-order valence-electron chi connectivity index (χ4n) is 4.40. The van der Waals surface area contributed by atoms with Crippen LogP contribution in [0, 0.1) is 5.92 Å². The second-order valence-electron chi connectivity index (χ2n) is 8.31. The van der Waals surface area contributed by atoms with Gasteiger partial charge in [-0.25, -0.2) is 4.98 Å². The van der Waals surface area contributed by atoms with E-state index < -0.39 is 24.0 Å². The Morgan fingerprint density at radius 1 is 1.29 bits per heavy atom. The number of halogens is 4. The van der Waals surface area contributed by atoms with E-state index in [0.29, 0.717) is 18.4 Å². The van der Waals surface area contributed by atoms with Crippen LogP contribution in [0.5, 0.6) is 0 Å². The van der Waals surface area contributed by atoms with Gasteiger partial charge in [-0.2, -0.15) is 13.2 Å². The molecule has 31 heavy (non-hydrogen) atoms. The van der Waals surface area contributed by atoms with E-state index in [4.69, 9.17) is 0 Å². The summed E-state index contributed by atoms with van der Waals surface area (Å²) < 4.78 is 42.3. The minimum Gasteiger partial charge on any atom is -0.374 e. The number of aliphatic hydroxyl groups is 1. The molecule has 0 aromatic carbocycles. The van der Waals surface area contributed by atoms with Crippen molar-refractivity contribution in [2.45, 2.75) is 44.4 Å². The third kappa shape index (κ3) is 6.25. The second kappa shape index (κ2) is 11.2. The van der Waals surface area contributed by atoms with Gasteiger partial charge in [0.25, 0.3) is 0 Å². The molecule has 2 fully saturated rings. The Morgan fingerprint density at radius 3 is 2.58 bits per heavy atom. The molecule has 2 unspecified atom stereocenters. The zero-order valence-electron chi connectivity index (χ0n) is 18.2. The Labute approximate surface area is 199 Å². The maximum Gasteiger partial charge on any atom is 0.424 e. The summed E-state index contributed by atoms with van der Waals surface area (Å²) in [5.41, 5.74) is -3.03. The van der Waals surface area contributed by atoms with Crippen molar-refractivity contribution >= 4 is 29.9 Å². The van der Waals surface area contributed by atoms with Crippen molar-refractivity contribution in [1.82, 2.24) is 24.7 Å². The van der Waals surface area contributed by atoms with Gasteiger partial charge in [0, 0.05) is 58.6 Å². The number of nitrogens with zero attached hydrogens (tertiary/aromatic N) is 5. The van der Waals surface area contributed by atoms with E-state index in [9.17, 15) is 18.3 Å². The number of guanidine groups is 1. The minimum absolute atomic E-state index is 0. The average Bonchev–Trinajstić information content (AvgIpc) is 3.43. The number of hydrogen-bond acceptors (Lipinski definition) is 4. The van der Waals surface area contributed by atoms with Gasteiger partial charge >= 0.3 is 6.18 Å². The smallest absolute Gasteiger partial charge is 0.374 e. The number of likely N-dealkylation sites (tertiary alicyclic amines) is 2. The van der Waals surface area contributed by atoms with Crippen LogP contribution in [0.25, 0.3) is 0 Å². The molecule has 0 saturated carbocycles. The summed E-state index contributed by atoms with van der Waals surface area (Å²) in [6.07, 6.45) is 0.807. The monoisotopic (exact) mass is 558 g/mol. The molecule has 0 radical (unpaired) electrons. The van der Waals surface area contributed by atoms with Crippen LogP contribution in [0.3, 0.4) is 0 Å². The maximum atomic E-state index is 13.7. The van der Waals surface area contributed by atoms with Crippen LogP contribution in [-0.2, 0) is 12.6 Å². The molecule has 0 amide bonds. The van der Waals surface area contributed by atoms with Gasteiger partial charge in [-0.15, -0.1) is 24.0 Å². The van der Waals surface area contributed by atoms with E-state index in [1.54, 1.807) is 0 Å². The van der Waals surface area contributed by atoms with Gasteiger partial charge in [0.1, 0.15) is 5.82 Å². The lowest BCUT2D eigenvalue weighted by Gasteiger charge is -2.29. The molecule has 1 aromatic heterocycles. The number of imidazole rings is 1. The summed E-state index contributed by atoms with van der Waals surface area (Å²) in [6, 6.07) is 0. The van der Waals surface area contributed by atoms with Gasteiger partial charge in [0.05, 0.1) is 0 Å². The van der Waals surface area contributed by atoms with Gasteiger partial charge < -0.3 is 24.8 Å². The van der Waals surface area contributed by atoms with Gasteiger partial charge in [-0.05, 0) is 45.2 Å². The molecule has 3 heterocycles. The number of aromatic nitrogens is 2. The Balaban J connectivity index is 0.00000341. The summed E-state index contributed by atoms with van der Waals surface area (Å²) in [6.45, 7) is 7.50. The third-order valence-electron chi connectivity index (χ3n) is 6.03. The van der Waals surface area contributed by atoms with Crippen molar-refractivity contribution in [2.24, 2.45) is 18.0 Å². The number of rotatable bonds is 7. The SMILES string of the molecule is CCNC(=NCCC(O)(c1nccn1C)C(F)(F)F)N1CCC(CN2CCCC2)C1.I. The first-order valence-corrected chi connectivity index (χ1v) is 10.8. The zero-order valence-corrected chi connectivity index (χ0v) is 20.6. The van der Waals surface area contributed by atoms with Gasteiger partial charge in [0.15, 0.2) is 5.96 Å². The van der Waals surface area contributed by atoms with E-state index >= 15 is 0 Å². The third-order valence-corrected chi connectivity index (χ3v) is 6.03. The predicted octanol–water partition coefficient (Wildman–Crippen LogP) is 2.56. The van der Waals surface area contributed by atoms with Crippen molar-refractivity contribution in [3.05, 3.63) is 18.2 Å². The molecule has 2 saturated heterocycles. The van der Waals surface area contributed by atoms with Crippen LogP contribution in [0.4, 0.5) is 13.2 Å². The van der Waals surface area contributed by atoms with E-state index in [1.165, 1.54) is 36.9 Å². The maximum absolute atomic E-state index is 13.7. The molecule has 2 aliphatic heterocycles. The van der Waals surface area contributed by atoms with Crippen LogP contribution in [0.15, 0.2) is 17.4 Å². The Hall–Kier alpha value is -1.08. The summed E-state index contributed by atoms with van der Waals surface area (Å²) in [7, 11) is 1.44. The highest BCUT2D eigenvalue weighted by Gasteiger charge is 2.57. The van der Waals surface area contributed by atoms with Crippen LogP contribution in [0.1, 0.15) is 38.4 Å². The zero-order chi connectivity index (χ0) is 21.8. The number of nitrogens with one attached hydrogen (secondary N) is 1. The first kappa shape index (κ1) is 26.2. The first-order valence-electron chi connectivity index (χ1n) is 10.8. The van der Waals surface area contributed by atoms with Crippen LogP contribution < -0.4 is 5.32 Å². The molecular weight excluding hydrogens is 524 g/mol. The lowest BCUT2D eigenvalue weighted by Crippen LogP contribution is -2.45. The van der Waals surface area contributed by atoms with Crippen LogP contribution >= 0.6 is 24.0 Å². The molecule has 0 spiro atoms. The van der Waals surface area contributed by atoms with Crippen molar-refractivity contribution in [3.8, 4) is 0 Å². The van der Waals surface area contributed by atoms with Gasteiger partial charge in [-0.3, -0.25) is 4.99 Å².